The van der Waals surface area contributed by atoms with Crippen molar-refractivity contribution in [2.24, 2.45) is 5.41 Å². The second-order valence-corrected chi connectivity index (χ2v) is 7.12. The molecule has 0 radical (unpaired) electrons. The van der Waals surface area contributed by atoms with Gasteiger partial charge in [-0.3, -0.25) is 9.88 Å². The Morgan fingerprint density at radius 2 is 2.15 bits per heavy atom. The fourth-order valence-corrected chi connectivity index (χ4v) is 2.93. The van der Waals surface area contributed by atoms with Crippen LogP contribution in [0.25, 0.3) is 0 Å². The Hall–Kier alpha value is -0.930. The maximum absolute atomic E-state index is 4.20. The van der Waals surface area contributed by atoms with Crippen molar-refractivity contribution in [3.8, 4) is 0 Å². The molecule has 1 aliphatic rings. The zero-order chi connectivity index (χ0) is 14.8. The normalized spacial score (nSPS) is 24.9. The van der Waals surface area contributed by atoms with Crippen LogP contribution in [0.3, 0.4) is 0 Å². The minimum Gasteiger partial charge on any atom is -0.311 e. The number of nitrogens with one attached hydrogen (secondary N) is 1. The van der Waals surface area contributed by atoms with Crippen LogP contribution >= 0.6 is 0 Å². The first-order chi connectivity index (χ1) is 9.41. The van der Waals surface area contributed by atoms with Crippen molar-refractivity contribution in [1.82, 2.24) is 15.2 Å². The van der Waals surface area contributed by atoms with Gasteiger partial charge in [-0.15, -0.1) is 0 Å². The third kappa shape index (κ3) is 3.58. The zero-order valence-corrected chi connectivity index (χ0v) is 13.6. The summed E-state index contributed by atoms with van der Waals surface area (Å²) in [6.45, 7) is 14.7. The van der Waals surface area contributed by atoms with Gasteiger partial charge in [0.15, 0.2) is 0 Å². The molecule has 1 aliphatic heterocycles. The highest BCUT2D eigenvalue weighted by Crippen LogP contribution is 2.25. The summed E-state index contributed by atoms with van der Waals surface area (Å²) in [6.07, 6.45) is 5.08. The van der Waals surface area contributed by atoms with Gasteiger partial charge < -0.3 is 5.32 Å². The molecule has 0 bridgehead atoms. The second-order valence-electron chi connectivity index (χ2n) is 7.12. The minimum absolute atomic E-state index is 0.310. The van der Waals surface area contributed by atoms with Crippen LogP contribution in [-0.2, 0) is 6.54 Å². The monoisotopic (exact) mass is 275 g/mol. The lowest BCUT2D eigenvalue weighted by molar-refractivity contribution is 0.0773. The standard InChI is InChI=1S/C17H29N3/c1-6-15-10-19-16(17(3,4)5)12-20(15)11-14-7-8-18-9-13(14)2/h7-9,15-16,19H,6,10-12H2,1-5H3. The molecule has 1 fully saturated rings. The highest BCUT2D eigenvalue weighted by molar-refractivity contribution is 5.21. The lowest BCUT2D eigenvalue weighted by atomic mass is 9.84. The van der Waals surface area contributed by atoms with Crippen molar-refractivity contribution in [1.29, 1.82) is 0 Å². The van der Waals surface area contributed by atoms with E-state index in [1.165, 1.54) is 17.5 Å². The molecule has 0 aliphatic carbocycles. The Labute approximate surface area is 123 Å². The van der Waals surface area contributed by atoms with E-state index in [9.17, 15) is 0 Å². The highest BCUT2D eigenvalue weighted by Gasteiger charge is 2.33. The smallest absolute Gasteiger partial charge is 0.0300 e. The topological polar surface area (TPSA) is 28.2 Å². The van der Waals surface area contributed by atoms with Gasteiger partial charge in [0.05, 0.1) is 0 Å². The average Bonchev–Trinajstić information content (AvgIpc) is 2.40. The summed E-state index contributed by atoms with van der Waals surface area (Å²) >= 11 is 0. The number of aromatic nitrogens is 1. The molecule has 0 spiro atoms. The fourth-order valence-electron chi connectivity index (χ4n) is 2.93. The van der Waals surface area contributed by atoms with E-state index in [4.69, 9.17) is 0 Å². The first-order valence-corrected chi connectivity index (χ1v) is 7.78. The Balaban J connectivity index is 2.12. The maximum atomic E-state index is 4.20. The number of piperazine rings is 1. The molecule has 3 heteroatoms. The molecular weight excluding hydrogens is 246 g/mol. The van der Waals surface area contributed by atoms with Crippen LogP contribution in [0.4, 0.5) is 0 Å². The quantitative estimate of drug-likeness (QED) is 0.919. The maximum Gasteiger partial charge on any atom is 0.0300 e. The molecule has 2 atom stereocenters. The summed E-state index contributed by atoms with van der Waals surface area (Å²) in [5, 5.41) is 3.74. The summed E-state index contributed by atoms with van der Waals surface area (Å²) in [5.41, 5.74) is 3.02. The molecule has 0 aromatic carbocycles. The largest absolute Gasteiger partial charge is 0.311 e. The molecule has 1 saturated heterocycles. The Bertz CT molecular complexity index is 436. The van der Waals surface area contributed by atoms with Crippen molar-refractivity contribution in [2.75, 3.05) is 13.1 Å². The van der Waals surface area contributed by atoms with Crippen molar-refractivity contribution >= 4 is 0 Å². The molecule has 2 unspecified atom stereocenters. The molecule has 112 valence electrons. The van der Waals surface area contributed by atoms with Crippen molar-refractivity contribution < 1.29 is 0 Å². The summed E-state index contributed by atoms with van der Waals surface area (Å²) in [7, 11) is 0. The van der Waals surface area contributed by atoms with Crippen LogP contribution in [0.1, 0.15) is 45.2 Å². The predicted octanol–water partition coefficient (Wildman–Crippen LogP) is 2.99. The van der Waals surface area contributed by atoms with Crippen LogP contribution in [0.15, 0.2) is 18.5 Å². The fraction of sp³-hybridized carbons (Fsp3) is 0.706. The van der Waals surface area contributed by atoms with Gasteiger partial charge in [-0.25, -0.2) is 0 Å². The average molecular weight is 275 g/mol. The molecule has 3 nitrogen and oxygen atoms in total. The van der Waals surface area contributed by atoms with Crippen LogP contribution in [0, 0.1) is 12.3 Å². The molecule has 1 aromatic rings. The molecule has 2 rings (SSSR count). The van der Waals surface area contributed by atoms with E-state index in [2.05, 4.69) is 55.9 Å². The minimum atomic E-state index is 0.310. The highest BCUT2D eigenvalue weighted by atomic mass is 15.2. The van der Waals surface area contributed by atoms with Crippen LogP contribution in [0.5, 0.6) is 0 Å². The molecule has 2 heterocycles. The molecule has 0 amide bonds. The van der Waals surface area contributed by atoms with Crippen molar-refractivity contribution in [3.63, 3.8) is 0 Å². The van der Waals surface area contributed by atoms with Crippen LogP contribution in [-0.4, -0.2) is 35.1 Å². The van der Waals surface area contributed by atoms with Crippen LogP contribution in [0.2, 0.25) is 0 Å². The van der Waals surface area contributed by atoms with Crippen LogP contribution < -0.4 is 5.32 Å². The molecule has 1 aromatic heterocycles. The van der Waals surface area contributed by atoms with E-state index in [-0.39, 0.29) is 0 Å². The van der Waals surface area contributed by atoms with Gasteiger partial charge >= 0.3 is 0 Å². The first-order valence-electron chi connectivity index (χ1n) is 7.78. The van der Waals surface area contributed by atoms with Crippen molar-refractivity contribution in [2.45, 2.75) is 59.7 Å². The zero-order valence-electron chi connectivity index (χ0n) is 13.6. The number of rotatable bonds is 3. The Kier molecular flexibility index (Phi) is 4.82. The van der Waals surface area contributed by atoms with Gasteiger partial charge in [0.2, 0.25) is 0 Å². The van der Waals surface area contributed by atoms with Gasteiger partial charge in [-0.2, -0.15) is 0 Å². The molecular formula is C17H29N3. The van der Waals surface area contributed by atoms with E-state index in [0.717, 1.165) is 19.6 Å². The van der Waals surface area contributed by atoms with E-state index in [1.54, 1.807) is 0 Å². The predicted molar refractivity (Wildman–Crippen MR) is 84.7 cm³/mol. The number of hydrogen-bond acceptors (Lipinski definition) is 3. The van der Waals surface area contributed by atoms with Gasteiger partial charge in [0, 0.05) is 44.1 Å². The lowest BCUT2D eigenvalue weighted by Crippen LogP contribution is -2.59. The van der Waals surface area contributed by atoms with Gasteiger partial charge in [-0.1, -0.05) is 27.7 Å². The van der Waals surface area contributed by atoms with Gasteiger partial charge in [0.1, 0.15) is 0 Å². The Morgan fingerprint density at radius 1 is 1.40 bits per heavy atom. The van der Waals surface area contributed by atoms with E-state index < -0.39 is 0 Å². The third-order valence-electron chi connectivity index (χ3n) is 4.56. The number of nitrogens with zero attached hydrogens (tertiary/aromatic N) is 2. The van der Waals surface area contributed by atoms with Crippen molar-refractivity contribution in [3.05, 3.63) is 29.6 Å². The van der Waals surface area contributed by atoms with Gasteiger partial charge in [0.25, 0.3) is 0 Å². The molecule has 1 N–H and O–H groups in total. The van der Waals surface area contributed by atoms with E-state index in [0.29, 0.717) is 17.5 Å². The second kappa shape index (κ2) is 6.23. The summed E-state index contributed by atoms with van der Waals surface area (Å²) in [6, 6.07) is 3.37. The number of pyridine rings is 1. The van der Waals surface area contributed by atoms with E-state index >= 15 is 0 Å². The number of hydrogen-bond donors (Lipinski definition) is 1. The number of aryl methyl sites for hydroxylation is 1. The molecule has 0 saturated carbocycles. The third-order valence-corrected chi connectivity index (χ3v) is 4.56. The SMILES string of the molecule is CCC1CNC(C(C)(C)C)CN1Cc1ccncc1C. The van der Waals surface area contributed by atoms with E-state index in [1.807, 2.05) is 12.4 Å². The Morgan fingerprint density at radius 3 is 2.75 bits per heavy atom. The molecule has 20 heavy (non-hydrogen) atoms. The first kappa shape index (κ1) is 15.5. The summed E-state index contributed by atoms with van der Waals surface area (Å²) in [4.78, 5) is 6.85. The lowest BCUT2D eigenvalue weighted by Gasteiger charge is -2.45. The van der Waals surface area contributed by atoms with Gasteiger partial charge in [-0.05, 0) is 36.0 Å². The summed E-state index contributed by atoms with van der Waals surface area (Å²) in [5.74, 6) is 0. The summed E-state index contributed by atoms with van der Waals surface area (Å²) < 4.78 is 0.